The summed E-state index contributed by atoms with van der Waals surface area (Å²) in [4.78, 5) is 14.7. The quantitative estimate of drug-likeness (QED) is 0.625. The van der Waals surface area contributed by atoms with Crippen molar-refractivity contribution in [3.05, 3.63) is 26.8 Å². The van der Waals surface area contributed by atoms with Crippen molar-refractivity contribution in [2.24, 2.45) is 0 Å². The number of hydrogen-bond acceptors (Lipinski definition) is 3. The first-order valence-electron chi connectivity index (χ1n) is 4.28. The van der Waals surface area contributed by atoms with Crippen LogP contribution in [0.1, 0.15) is 29.5 Å². The van der Waals surface area contributed by atoms with Crippen molar-refractivity contribution in [3.8, 4) is 0 Å². The molecule has 7 heteroatoms. The molecule has 88 valence electrons. The zero-order valence-electron chi connectivity index (χ0n) is 8.14. The highest BCUT2D eigenvalue weighted by Gasteiger charge is 2.21. The molecule has 0 bridgehead atoms. The lowest BCUT2D eigenvalue weighted by atomic mass is 10.3. The van der Waals surface area contributed by atoms with Gasteiger partial charge in [0.1, 0.15) is 11.5 Å². The highest BCUT2D eigenvalue weighted by atomic mass is 127. The zero-order chi connectivity index (χ0) is 12.3. The third-order valence-electron chi connectivity index (χ3n) is 1.63. The SMILES string of the molecule is CCOC(=O)c1nc(C(F)F)cc(F)c1I. The van der Waals surface area contributed by atoms with Crippen LogP contribution in [0.4, 0.5) is 13.2 Å². The second kappa shape index (κ2) is 5.46. The van der Waals surface area contributed by atoms with Crippen LogP contribution in [0.2, 0.25) is 0 Å². The normalized spacial score (nSPS) is 10.6. The second-order valence-corrected chi connectivity index (χ2v) is 3.79. The maximum absolute atomic E-state index is 13.2. The maximum Gasteiger partial charge on any atom is 0.358 e. The van der Waals surface area contributed by atoms with E-state index in [1.165, 1.54) is 22.6 Å². The molecule has 0 radical (unpaired) electrons. The van der Waals surface area contributed by atoms with Crippen molar-refractivity contribution in [1.29, 1.82) is 0 Å². The van der Waals surface area contributed by atoms with Crippen LogP contribution in [-0.4, -0.2) is 17.6 Å². The molecule has 16 heavy (non-hydrogen) atoms. The van der Waals surface area contributed by atoms with E-state index in [0.717, 1.165) is 0 Å². The molecule has 1 heterocycles. The molecule has 1 aromatic heterocycles. The van der Waals surface area contributed by atoms with E-state index in [1.807, 2.05) is 0 Å². The highest BCUT2D eigenvalue weighted by Crippen LogP contribution is 2.22. The first-order valence-corrected chi connectivity index (χ1v) is 5.36. The Labute approximate surface area is 103 Å². The van der Waals surface area contributed by atoms with E-state index < -0.39 is 29.6 Å². The number of ether oxygens (including phenoxy) is 1. The van der Waals surface area contributed by atoms with Gasteiger partial charge in [-0.25, -0.2) is 22.9 Å². The van der Waals surface area contributed by atoms with E-state index in [4.69, 9.17) is 0 Å². The standard InChI is InChI=1S/C9H7F3INO2/c1-2-16-9(15)7-6(13)4(10)3-5(14-7)8(11)12/h3,8H,2H2,1H3. The van der Waals surface area contributed by atoms with Crippen LogP contribution in [0.3, 0.4) is 0 Å². The van der Waals surface area contributed by atoms with E-state index in [2.05, 4.69) is 9.72 Å². The van der Waals surface area contributed by atoms with Crippen molar-refractivity contribution in [2.45, 2.75) is 13.3 Å². The number of esters is 1. The van der Waals surface area contributed by atoms with Gasteiger partial charge in [0.2, 0.25) is 0 Å². The average molecular weight is 345 g/mol. The van der Waals surface area contributed by atoms with Gasteiger partial charge in [-0.15, -0.1) is 0 Å². The monoisotopic (exact) mass is 345 g/mol. The van der Waals surface area contributed by atoms with Gasteiger partial charge < -0.3 is 4.74 Å². The fraction of sp³-hybridized carbons (Fsp3) is 0.333. The smallest absolute Gasteiger partial charge is 0.358 e. The summed E-state index contributed by atoms with van der Waals surface area (Å²) in [6.45, 7) is 1.62. The summed E-state index contributed by atoms with van der Waals surface area (Å²) in [5.74, 6) is -1.82. The molecule has 0 atom stereocenters. The van der Waals surface area contributed by atoms with Crippen LogP contribution >= 0.6 is 22.6 Å². The highest BCUT2D eigenvalue weighted by molar-refractivity contribution is 14.1. The zero-order valence-corrected chi connectivity index (χ0v) is 10.3. The molecule has 0 spiro atoms. The molecule has 0 aliphatic rings. The minimum atomic E-state index is -2.93. The van der Waals surface area contributed by atoms with Crippen LogP contribution in [-0.2, 0) is 4.74 Å². The molecule has 0 amide bonds. The van der Waals surface area contributed by atoms with Gasteiger partial charge in [-0.05, 0) is 29.5 Å². The third kappa shape index (κ3) is 2.83. The number of aromatic nitrogens is 1. The first-order chi connectivity index (χ1) is 7.47. The Bertz CT molecular complexity index is 412. The van der Waals surface area contributed by atoms with Crippen LogP contribution in [0.15, 0.2) is 6.07 Å². The van der Waals surface area contributed by atoms with Crippen LogP contribution < -0.4 is 0 Å². The predicted octanol–water partition coefficient (Wildman–Crippen LogP) is 2.94. The van der Waals surface area contributed by atoms with Crippen molar-refractivity contribution in [1.82, 2.24) is 4.98 Å². The maximum atomic E-state index is 13.2. The lowest BCUT2D eigenvalue weighted by Crippen LogP contribution is -2.12. The van der Waals surface area contributed by atoms with Gasteiger partial charge in [0.05, 0.1) is 10.2 Å². The fourth-order valence-corrected chi connectivity index (χ4v) is 1.46. The molecule has 0 aliphatic heterocycles. The molecular weight excluding hydrogens is 338 g/mol. The number of halogens is 4. The van der Waals surface area contributed by atoms with Crippen LogP contribution in [0, 0.1) is 9.39 Å². The summed E-state index contributed by atoms with van der Waals surface area (Å²) in [5, 5.41) is 0. The lowest BCUT2D eigenvalue weighted by molar-refractivity contribution is 0.0515. The van der Waals surface area contributed by atoms with Crippen molar-refractivity contribution in [3.63, 3.8) is 0 Å². The Morgan fingerprint density at radius 3 is 2.75 bits per heavy atom. The third-order valence-corrected chi connectivity index (χ3v) is 2.65. The summed E-state index contributed by atoms with van der Waals surface area (Å²) < 4.78 is 42.3. The Morgan fingerprint density at radius 1 is 1.62 bits per heavy atom. The van der Waals surface area contributed by atoms with Gasteiger partial charge in [0, 0.05) is 6.07 Å². The van der Waals surface area contributed by atoms with E-state index in [0.29, 0.717) is 6.07 Å². The number of pyridine rings is 1. The van der Waals surface area contributed by atoms with E-state index in [9.17, 15) is 18.0 Å². The molecule has 0 unspecified atom stereocenters. The number of alkyl halides is 2. The van der Waals surface area contributed by atoms with Gasteiger partial charge in [-0.1, -0.05) is 0 Å². The van der Waals surface area contributed by atoms with Crippen molar-refractivity contribution >= 4 is 28.6 Å². The Morgan fingerprint density at radius 2 is 2.25 bits per heavy atom. The number of nitrogens with zero attached hydrogens (tertiary/aromatic N) is 1. The molecule has 1 rings (SSSR count). The number of hydrogen-bond donors (Lipinski definition) is 0. The molecule has 3 nitrogen and oxygen atoms in total. The fourth-order valence-electron chi connectivity index (χ4n) is 0.963. The van der Waals surface area contributed by atoms with E-state index in [1.54, 1.807) is 6.92 Å². The van der Waals surface area contributed by atoms with Crippen LogP contribution in [0.5, 0.6) is 0 Å². The molecule has 0 saturated carbocycles. The summed E-state index contributed by atoms with van der Waals surface area (Å²) in [5.41, 5.74) is -1.20. The van der Waals surface area contributed by atoms with E-state index >= 15 is 0 Å². The van der Waals surface area contributed by atoms with Gasteiger partial charge >= 0.3 is 5.97 Å². The van der Waals surface area contributed by atoms with Crippen molar-refractivity contribution in [2.75, 3.05) is 6.61 Å². The molecule has 0 saturated heterocycles. The van der Waals surface area contributed by atoms with E-state index in [-0.39, 0.29) is 10.2 Å². The second-order valence-electron chi connectivity index (χ2n) is 2.71. The number of rotatable bonds is 3. The molecule has 0 aromatic carbocycles. The minimum Gasteiger partial charge on any atom is -0.461 e. The minimum absolute atomic E-state index is 0.0666. The summed E-state index contributed by atoms with van der Waals surface area (Å²) in [6, 6.07) is 0.606. The van der Waals surface area contributed by atoms with Crippen molar-refractivity contribution < 1.29 is 22.7 Å². The first kappa shape index (κ1) is 13.2. The largest absolute Gasteiger partial charge is 0.461 e. The molecule has 0 aliphatic carbocycles. The summed E-state index contributed by atoms with van der Waals surface area (Å²) in [6.07, 6.45) is -2.93. The summed E-state index contributed by atoms with van der Waals surface area (Å²) >= 11 is 1.52. The molecular formula is C9H7F3INO2. The molecule has 1 aromatic rings. The van der Waals surface area contributed by atoms with Gasteiger partial charge in [0.25, 0.3) is 6.43 Å². The predicted molar refractivity (Wildman–Crippen MR) is 57.8 cm³/mol. The lowest BCUT2D eigenvalue weighted by Gasteiger charge is -2.06. The number of carbonyl (C=O) groups excluding carboxylic acids is 1. The topological polar surface area (TPSA) is 39.2 Å². The Kier molecular flexibility index (Phi) is 4.51. The Balaban J connectivity index is 3.21. The van der Waals surface area contributed by atoms with Gasteiger partial charge in [-0.2, -0.15) is 0 Å². The molecule has 0 fully saturated rings. The summed E-state index contributed by atoms with van der Waals surface area (Å²) in [7, 11) is 0. The Hall–Kier alpha value is -0.860. The van der Waals surface area contributed by atoms with Crippen LogP contribution in [0.25, 0.3) is 0 Å². The van der Waals surface area contributed by atoms with Gasteiger partial charge in [0.15, 0.2) is 5.69 Å². The number of carbonyl (C=O) groups is 1. The molecule has 0 N–H and O–H groups in total. The average Bonchev–Trinajstić information content (AvgIpc) is 2.21. The van der Waals surface area contributed by atoms with Gasteiger partial charge in [-0.3, -0.25) is 0 Å².